The number of methoxy groups -OCH3 is 1. The first kappa shape index (κ1) is 19.8. The molecular formula is C21H23N3O3S. The summed E-state index contributed by atoms with van der Waals surface area (Å²) in [7, 11) is 1.60. The molecule has 146 valence electrons. The van der Waals surface area contributed by atoms with Gasteiger partial charge in [-0.1, -0.05) is 47.2 Å². The van der Waals surface area contributed by atoms with E-state index in [0.717, 1.165) is 10.6 Å². The van der Waals surface area contributed by atoms with Gasteiger partial charge in [-0.2, -0.15) is 0 Å². The fourth-order valence-electron chi connectivity index (χ4n) is 2.59. The number of nitrogens with zero attached hydrogens (tertiary/aromatic N) is 2. The molecule has 3 aromatic rings. The van der Waals surface area contributed by atoms with Gasteiger partial charge in [0.05, 0.1) is 20.1 Å². The number of ether oxygens (including phenoxy) is 2. The first-order valence-electron chi connectivity index (χ1n) is 8.98. The van der Waals surface area contributed by atoms with Crippen LogP contribution >= 0.6 is 11.3 Å². The molecule has 3 rings (SSSR count). The van der Waals surface area contributed by atoms with Crippen LogP contribution in [-0.4, -0.2) is 29.8 Å². The Labute approximate surface area is 168 Å². The van der Waals surface area contributed by atoms with Crippen molar-refractivity contribution in [2.45, 2.75) is 26.7 Å². The maximum absolute atomic E-state index is 12.1. The Morgan fingerprint density at radius 3 is 2.54 bits per heavy atom. The quantitative estimate of drug-likeness (QED) is 0.618. The van der Waals surface area contributed by atoms with Gasteiger partial charge in [-0.05, 0) is 37.1 Å². The number of hydrogen-bond acceptors (Lipinski definition) is 6. The van der Waals surface area contributed by atoms with Crippen LogP contribution in [0.25, 0.3) is 0 Å². The molecule has 0 aliphatic carbocycles. The monoisotopic (exact) mass is 397 g/mol. The van der Waals surface area contributed by atoms with Gasteiger partial charge in [0.25, 0.3) is 0 Å². The molecule has 28 heavy (non-hydrogen) atoms. The number of benzene rings is 2. The molecule has 7 heteroatoms. The van der Waals surface area contributed by atoms with Crippen LogP contribution in [0, 0.1) is 13.8 Å². The molecule has 0 unspecified atom stereocenters. The Kier molecular flexibility index (Phi) is 6.60. The second-order valence-corrected chi connectivity index (χ2v) is 7.53. The molecule has 0 atom stereocenters. The fraction of sp³-hybridized carbons (Fsp3) is 0.286. The van der Waals surface area contributed by atoms with Crippen molar-refractivity contribution in [2.75, 3.05) is 19.0 Å². The van der Waals surface area contributed by atoms with E-state index in [9.17, 15) is 4.79 Å². The number of carbonyl (C=O) groups is 1. The maximum Gasteiger partial charge on any atom is 0.229 e. The molecule has 1 N–H and O–H groups in total. The van der Waals surface area contributed by atoms with Gasteiger partial charge in [0.15, 0.2) is 11.5 Å². The molecule has 0 spiro atoms. The average Bonchev–Trinajstić information content (AvgIpc) is 3.11. The lowest BCUT2D eigenvalue weighted by Gasteiger charge is -2.10. The van der Waals surface area contributed by atoms with Crippen LogP contribution in [0.4, 0.5) is 5.13 Å². The van der Waals surface area contributed by atoms with Crippen molar-refractivity contribution in [3.8, 4) is 11.5 Å². The summed E-state index contributed by atoms with van der Waals surface area (Å²) in [6.45, 7) is 4.29. The smallest absolute Gasteiger partial charge is 0.229 e. The number of rotatable bonds is 8. The number of anilines is 1. The lowest BCUT2D eigenvalue weighted by Crippen LogP contribution is -2.15. The van der Waals surface area contributed by atoms with E-state index in [2.05, 4.69) is 46.7 Å². The van der Waals surface area contributed by atoms with Gasteiger partial charge in [-0.25, -0.2) is 0 Å². The largest absolute Gasteiger partial charge is 0.493 e. The van der Waals surface area contributed by atoms with Crippen molar-refractivity contribution in [3.05, 3.63) is 64.2 Å². The SMILES string of the molecule is COc1cc(C)ccc1OCCC(=O)Nc1nnc(Cc2ccc(C)cc2)s1. The third-order valence-electron chi connectivity index (χ3n) is 4.09. The molecule has 1 heterocycles. The van der Waals surface area contributed by atoms with E-state index in [4.69, 9.17) is 9.47 Å². The molecular weight excluding hydrogens is 374 g/mol. The third-order valence-corrected chi connectivity index (χ3v) is 4.93. The van der Waals surface area contributed by atoms with Crippen LogP contribution in [0.1, 0.15) is 28.1 Å². The van der Waals surface area contributed by atoms with Crippen LogP contribution in [-0.2, 0) is 11.2 Å². The zero-order chi connectivity index (χ0) is 19.9. The molecule has 0 aliphatic heterocycles. The van der Waals surface area contributed by atoms with Crippen molar-refractivity contribution in [1.82, 2.24) is 10.2 Å². The number of carbonyl (C=O) groups excluding carboxylic acids is 1. The summed E-state index contributed by atoms with van der Waals surface area (Å²) in [5.41, 5.74) is 3.47. The molecule has 0 aliphatic rings. The maximum atomic E-state index is 12.1. The summed E-state index contributed by atoms with van der Waals surface area (Å²) in [6.07, 6.45) is 0.911. The topological polar surface area (TPSA) is 73.3 Å². The zero-order valence-corrected chi connectivity index (χ0v) is 17.0. The summed E-state index contributed by atoms with van der Waals surface area (Å²) in [5.74, 6) is 1.12. The Morgan fingerprint density at radius 2 is 1.79 bits per heavy atom. The Morgan fingerprint density at radius 1 is 1.04 bits per heavy atom. The predicted molar refractivity (Wildman–Crippen MR) is 110 cm³/mol. The van der Waals surface area contributed by atoms with Crippen molar-refractivity contribution >= 4 is 22.4 Å². The second-order valence-electron chi connectivity index (χ2n) is 6.46. The van der Waals surface area contributed by atoms with Gasteiger partial charge in [0.1, 0.15) is 5.01 Å². The van der Waals surface area contributed by atoms with Crippen LogP contribution in [0.3, 0.4) is 0 Å². The van der Waals surface area contributed by atoms with Crippen LogP contribution in [0.15, 0.2) is 42.5 Å². The van der Waals surface area contributed by atoms with Crippen molar-refractivity contribution in [1.29, 1.82) is 0 Å². The average molecular weight is 398 g/mol. The normalized spacial score (nSPS) is 10.5. The van der Waals surface area contributed by atoms with E-state index < -0.39 is 0 Å². The van der Waals surface area contributed by atoms with Crippen LogP contribution < -0.4 is 14.8 Å². The highest BCUT2D eigenvalue weighted by atomic mass is 32.1. The highest BCUT2D eigenvalue weighted by Gasteiger charge is 2.10. The molecule has 0 radical (unpaired) electrons. The molecule has 0 saturated carbocycles. The second kappa shape index (κ2) is 9.32. The first-order valence-corrected chi connectivity index (χ1v) is 9.80. The highest BCUT2D eigenvalue weighted by Crippen LogP contribution is 2.27. The van der Waals surface area contributed by atoms with Crippen LogP contribution in [0.5, 0.6) is 11.5 Å². The molecule has 0 saturated heterocycles. The Hall–Kier alpha value is -2.93. The lowest BCUT2D eigenvalue weighted by molar-refractivity contribution is -0.116. The van der Waals surface area contributed by atoms with Crippen LogP contribution in [0.2, 0.25) is 0 Å². The van der Waals surface area contributed by atoms with Gasteiger partial charge in [-0.15, -0.1) is 10.2 Å². The number of hydrogen-bond donors (Lipinski definition) is 1. The van der Waals surface area contributed by atoms with Crippen molar-refractivity contribution in [3.63, 3.8) is 0 Å². The number of nitrogens with one attached hydrogen (secondary N) is 1. The van der Waals surface area contributed by atoms with Gasteiger partial charge in [0.2, 0.25) is 11.0 Å². The van der Waals surface area contributed by atoms with Gasteiger partial charge in [0, 0.05) is 6.42 Å². The highest BCUT2D eigenvalue weighted by molar-refractivity contribution is 7.15. The minimum atomic E-state index is -0.163. The lowest BCUT2D eigenvalue weighted by atomic mass is 10.1. The van der Waals surface area contributed by atoms with Crippen molar-refractivity contribution in [2.24, 2.45) is 0 Å². The standard InChI is InChI=1S/C21H23N3O3S/c1-14-4-7-16(8-5-14)13-20-23-24-21(28-20)22-19(25)10-11-27-17-9-6-15(2)12-18(17)26-3/h4-9,12H,10-11,13H2,1-3H3,(H,22,24,25). The summed E-state index contributed by atoms with van der Waals surface area (Å²) in [4.78, 5) is 12.1. The van der Waals surface area contributed by atoms with E-state index >= 15 is 0 Å². The Bertz CT molecular complexity index is 938. The Balaban J connectivity index is 1.47. The first-order chi connectivity index (χ1) is 13.5. The number of amides is 1. The third kappa shape index (κ3) is 5.53. The zero-order valence-electron chi connectivity index (χ0n) is 16.2. The van der Waals surface area contributed by atoms with E-state index in [-0.39, 0.29) is 18.9 Å². The minimum absolute atomic E-state index is 0.163. The molecule has 0 fully saturated rings. The van der Waals surface area contributed by atoms with E-state index in [1.807, 2.05) is 25.1 Å². The molecule has 2 aromatic carbocycles. The van der Waals surface area contributed by atoms with Crippen molar-refractivity contribution < 1.29 is 14.3 Å². The summed E-state index contributed by atoms with van der Waals surface area (Å²) >= 11 is 1.38. The van der Waals surface area contributed by atoms with E-state index in [1.54, 1.807) is 7.11 Å². The van der Waals surface area contributed by atoms with E-state index in [1.165, 1.54) is 22.5 Å². The fourth-order valence-corrected chi connectivity index (χ4v) is 3.38. The van der Waals surface area contributed by atoms with Gasteiger partial charge < -0.3 is 14.8 Å². The molecule has 0 bridgehead atoms. The predicted octanol–water partition coefficient (Wildman–Crippen LogP) is 4.16. The number of aromatic nitrogens is 2. The minimum Gasteiger partial charge on any atom is -0.493 e. The van der Waals surface area contributed by atoms with Gasteiger partial charge in [-0.3, -0.25) is 4.79 Å². The molecule has 6 nitrogen and oxygen atoms in total. The summed E-state index contributed by atoms with van der Waals surface area (Å²) in [6, 6.07) is 14.0. The van der Waals surface area contributed by atoms with E-state index in [0.29, 0.717) is 23.1 Å². The molecule has 1 aromatic heterocycles. The molecule has 1 amide bonds. The number of aryl methyl sites for hydroxylation is 2. The summed E-state index contributed by atoms with van der Waals surface area (Å²) < 4.78 is 11.0. The summed E-state index contributed by atoms with van der Waals surface area (Å²) in [5, 5.41) is 12.3. The van der Waals surface area contributed by atoms with Gasteiger partial charge >= 0.3 is 0 Å².